The van der Waals surface area contributed by atoms with Crippen LogP contribution < -0.4 is 4.74 Å². The fraction of sp³-hybridized carbons (Fsp3) is 0.375. The first-order valence-corrected chi connectivity index (χ1v) is 7.65. The number of likely N-dealkylation sites (tertiary alicyclic amines) is 1. The molecule has 0 radical (unpaired) electrons. The minimum atomic E-state index is -0.781. The Morgan fingerprint density at radius 2 is 2.14 bits per heavy atom. The number of hydrogen-bond donors (Lipinski definition) is 1. The van der Waals surface area contributed by atoms with E-state index < -0.39 is 5.97 Å². The SMILES string of the molecule is O=C(O)CN1CCC(Oc2ccc3nccc(Cl)c3c2)CC1. The highest BCUT2D eigenvalue weighted by atomic mass is 35.5. The minimum absolute atomic E-state index is 0.101. The molecule has 0 atom stereocenters. The highest BCUT2D eigenvalue weighted by Gasteiger charge is 2.21. The van der Waals surface area contributed by atoms with Crippen molar-refractivity contribution in [3.63, 3.8) is 0 Å². The molecule has 0 spiro atoms. The second kappa shape index (κ2) is 6.50. The van der Waals surface area contributed by atoms with Gasteiger partial charge in [0.1, 0.15) is 11.9 Å². The molecule has 1 aromatic heterocycles. The van der Waals surface area contributed by atoms with Crippen molar-refractivity contribution in [3.8, 4) is 5.75 Å². The molecule has 2 aromatic rings. The van der Waals surface area contributed by atoms with Crippen LogP contribution in [0.2, 0.25) is 5.02 Å². The van der Waals surface area contributed by atoms with Gasteiger partial charge in [0, 0.05) is 24.7 Å². The van der Waals surface area contributed by atoms with Gasteiger partial charge in [-0.3, -0.25) is 14.7 Å². The zero-order valence-corrected chi connectivity index (χ0v) is 12.8. The number of aliphatic carboxylic acids is 1. The van der Waals surface area contributed by atoms with Crippen molar-refractivity contribution in [3.05, 3.63) is 35.5 Å². The predicted octanol–water partition coefficient (Wildman–Crippen LogP) is 2.82. The summed E-state index contributed by atoms with van der Waals surface area (Å²) in [6, 6.07) is 7.47. The molecule has 0 amide bonds. The summed E-state index contributed by atoms with van der Waals surface area (Å²) in [5.74, 6) is -0.00451. The molecule has 0 unspecified atom stereocenters. The number of piperidine rings is 1. The lowest BCUT2D eigenvalue weighted by Gasteiger charge is -2.31. The summed E-state index contributed by atoms with van der Waals surface area (Å²) in [4.78, 5) is 16.9. The Morgan fingerprint density at radius 1 is 1.36 bits per heavy atom. The maximum Gasteiger partial charge on any atom is 0.317 e. The van der Waals surface area contributed by atoms with Gasteiger partial charge in [-0.15, -0.1) is 0 Å². The first-order valence-electron chi connectivity index (χ1n) is 7.27. The lowest BCUT2D eigenvalue weighted by molar-refractivity contribution is -0.138. The van der Waals surface area contributed by atoms with Crippen LogP contribution in [-0.4, -0.2) is 46.7 Å². The van der Waals surface area contributed by atoms with E-state index in [0.717, 1.165) is 42.6 Å². The van der Waals surface area contributed by atoms with Crippen LogP contribution in [0.15, 0.2) is 30.5 Å². The average molecular weight is 321 g/mol. The lowest BCUT2D eigenvalue weighted by Crippen LogP contribution is -2.40. The third kappa shape index (κ3) is 3.48. The van der Waals surface area contributed by atoms with Crippen LogP contribution in [-0.2, 0) is 4.79 Å². The maximum atomic E-state index is 10.7. The number of aromatic nitrogens is 1. The van der Waals surface area contributed by atoms with E-state index in [9.17, 15) is 4.79 Å². The number of carboxylic acids is 1. The van der Waals surface area contributed by atoms with Gasteiger partial charge in [-0.2, -0.15) is 0 Å². The largest absolute Gasteiger partial charge is 0.490 e. The molecule has 22 heavy (non-hydrogen) atoms. The van der Waals surface area contributed by atoms with Gasteiger partial charge in [0.25, 0.3) is 0 Å². The van der Waals surface area contributed by atoms with E-state index in [0.29, 0.717) is 5.02 Å². The van der Waals surface area contributed by atoms with Crippen LogP contribution in [0.4, 0.5) is 0 Å². The van der Waals surface area contributed by atoms with Crippen molar-refractivity contribution in [1.82, 2.24) is 9.88 Å². The lowest BCUT2D eigenvalue weighted by atomic mass is 10.1. The van der Waals surface area contributed by atoms with Gasteiger partial charge < -0.3 is 9.84 Å². The first-order chi connectivity index (χ1) is 10.6. The number of hydrogen-bond acceptors (Lipinski definition) is 4. The van der Waals surface area contributed by atoms with Gasteiger partial charge in [-0.1, -0.05) is 11.6 Å². The molecule has 0 saturated carbocycles. The Morgan fingerprint density at radius 3 is 2.86 bits per heavy atom. The molecule has 0 aliphatic carbocycles. The van der Waals surface area contributed by atoms with Gasteiger partial charge in [0.05, 0.1) is 17.1 Å². The topological polar surface area (TPSA) is 62.7 Å². The van der Waals surface area contributed by atoms with E-state index in [-0.39, 0.29) is 12.6 Å². The number of carboxylic acid groups (broad SMARTS) is 1. The van der Waals surface area contributed by atoms with Gasteiger partial charge in [0.15, 0.2) is 0 Å². The van der Waals surface area contributed by atoms with Crippen LogP contribution in [0.5, 0.6) is 5.75 Å². The highest BCUT2D eigenvalue weighted by molar-refractivity contribution is 6.35. The second-order valence-corrected chi connectivity index (χ2v) is 5.87. The Labute approximate surface area is 133 Å². The summed E-state index contributed by atoms with van der Waals surface area (Å²) in [6.07, 6.45) is 3.44. The summed E-state index contributed by atoms with van der Waals surface area (Å²) in [5.41, 5.74) is 0.844. The van der Waals surface area contributed by atoms with Gasteiger partial charge in [-0.05, 0) is 37.1 Å². The van der Waals surface area contributed by atoms with E-state index in [2.05, 4.69) is 4.98 Å². The molecule has 1 aliphatic heterocycles. The monoisotopic (exact) mass is 320 g/mol. The molecular formula is C16H17ClN2O3. The standard InChI is InChI=1S/C16H17ClN2O3/c17-14-3-6-18-15-2-1-12(9-13(14)15)22-11-4-7-19(8-5-11)10-16(20)21/h1-3,6,9,11H,4-5,7-8,10H2,(H,20,21). The van der Waals surface area contributed by atoms with Crippen molar-refractivity contribution >= 4 is 28.5 Å². The predicted molar refractivity (Wildman–Crippen MR) is 84.5 cm³/mol. The molecule has 116 valence electrons. The van der Waals surface area contributed by atoms with E-state index in [1.54, 1.807) is 12.3 Å². The molecule has 6 heteroatoms. The summed E-state index contributed by atoms with van der Waals surface area (Å²) >= 11 is 6.18. The Hall–Kier alpha value is -1.85. The van der Waals surface area contributed by atoms with Crippen LogP contribution in [0.25, 0.3) is 10.9 Å². The van der Waals surface area contributed by atoms with Crippen molar-refractivity contribution in [1.29, 1.82) is 0 Å². The quantitative estimate of drug-likeness (QED) is 0.938. The summed E-state index contributed by atoms with van der Waals surface area (Å²) in [6.45, 7) is 1.59. The smallest absolute Gasteiger partial charge is 0.317 e. The van der Waals surface area contributed by atoms with Crippen molar-refractivity contribution in [2.24, 2.45) is 0 Å². The van der Waals surface area contributed by atoms with Crippen molar-refractivity contribution < 1.29 is 14.6 Å². The maximum absolute atomic E-state index is 10.7. The third-order valence-electron chi connectivity index (χ3n) is 3.86. The van der Waals surface area contributed by atoms with E-state index in [4.69, 9.17) is 21.4 Å². The number of pyridine rings is 1. The van der Waals surface area contributed by atoms with Crippen LogP contribution in [0, 0.1) is 0 Å². The summed E-state index contributed by atoms with van der Waals surface area (Å²) in [7, 11) is 0. The first kappa shape index (κ1) is 15.1. The van der Waals surface area contributed by atoms with E-state index in [1.165, 1.54) is 0 Å². The zero-order chi connectivity index (χ0) is 15.5. The number of ether oxygens (including phenoxy) is 1. The minimum Gasteiger partial charge on any atom is -0.490 e. The van der Waals surface area contributed by atoms with Crippen molar-refractivity contribution in [2.45, 2.75) is 18.9 Å². The zero-order valence-electron chi connectivity index (χ0n) is 12.0. The number of benzene rings is 1. The molecular weight excluding hydrogens is 304 g/mol. The van der Waals surface area contributed by atoms with E-state index >= 15 is 0 Å². The number of carbonyl (C=O) groups is 1. The average Bonchev–Trinajstić information content (AvgIpc) is 2.50. The third-order valence-corrected chi connectivity index (χ3v) is 4.19. The van der Waals surface area contributed by atoms with Crippen molar-refractivity contribution in [2.75, 3.05) is 19.6 Å². The summed E-state index contributed by atoms with van der Waals surface area (Å²) < 4.78 is 6.01. The summed E-state index contributed by atoms with van der Waals surface area (Å²) in [5, 5.41) is 10.3. The fourth-order valence-corrected chi connectivity index (χ4v) is 2.94. The Balaban J connectivity index is 1.64. The molecule has 1 aliphatic rings. The molecule has 5 nitrogen and oxygen atoms in total. The van der Waals surface area contributed by atoms with Gasteiger partial charge in [0.2, 0.25) is 0 Å². The molecule has 2 heterocycles. The van der Waals surface area contributed by atoms with Crippen LogP contribution in [0.3, 0.4) is 0 Å². The molecule has 1 fully saturated rings. The van der Waals surface area contributed by atoms with E-state index in [1.807, 2.05) is 23.1 Å². The van der Waals surface area contributed by atoms with Crippen LogP contribution >= 0.6 is 11.6 Å². The molecule has 1 aromatic carbocycles. The molecule has 1 N–H and O–H groups in total. The molecule has 1 saturated heterocycles. The number of rotatable bonds is 4. The number of nitrogens with zero attached hydrogens (tertiary/aromatic N) is 2. The fourth-order valence-electron chi connectivity index (χ4n) is 2.73. The van der Waals surface area contributed by atoms with Gasteiger partial charge >= 0.3 is 5.97 Å². The normalized spacial score (nSPS) is 16.8. The highest BCUT2D eigenvalue weighted by Crippen LogP contribution is 2.27. The van der Waals surface area contributed by atoms with Crippen LogP contribution in [0.1, 0.15) is 12.8 Å². The Kier molecular flexibility index (Phi) is 4.45. The molecule has 0 bridgehead atoms. The number of fused-ring (bicyclic) bond motifs is 1. The second-order valence-electron chi connectivity index (χ2n) is 5.46. The Bertz CT molecular complexity index is 684. The molecule has 3 rings (SSSR count). The van der Waals surface area contributed by atoms with Gasteiger partial charge in [-0.25, -0.2) is 0 Å². The number of halogens is 1.